The average Bonchev–Trinajstić information content (AvgIpc) is 2.36. The van der Waals surface area contributed by atoms with Gasteiger partial charge in [0.25, 0.3) is 5.91 Å². The van der Waals surface area contributed by atoms with Crippen molar-refractivity contribution >= 4 is 28.9 Å². The van der Waals surface area contributed by atoms with E-state index < -0.39 is 0 Å². The number of nitrogens with two attached hydrogens (primary N) is 1. The smallest absolute Gasteiger partial charge is 0.257 e. The molecule has 4 nitrogen and oxygen atoms in total. The van der Waals surface area contributed by atoms with Crippen LogP contribution < -0.4 is 11.1 Å². The van der Waals surface area contributed by atoms with Crippen molar-refractivity contribution < 1.29 is 4.79 Å². The van der Waals surface area contributed by atoms with Gasteiger partial charge in [0.05, 0.1) is 16.9 Å². The van der Waals surface area contributed by atoms with Crippen molar-refractivity contribution in [2.75, 3.05) is 11.1 Å². The first-order chi connectivity index (χ1) is 8.99. The zero-order chi connectivity index (χ0) is 14.0. The van der Waals surface area contributed by atoms with Crippen LogP contribution in [0.2, 0.25) is 5.15 Å². The number of halogens is 1. The Morgan fingerprint density at radius 1 is 1.26 bits per heavy atom. The molecule has 98 valence electrons. The van der Waals surface area contributed by atoms with Crippen LogP contribution >= 0.6 is 11.6 Å². The van der Waals surface area contributed by atoms with Gasteiger partial charge >= 0.3 is 0 Å². The number of carbonyl (C=O) groups is 1. The second kappa shape index (κ2) is 5.28. The number of hydrogen-bond acceptors (Lipinski definition) is 3. The number of aryl methyl sites for hydroxylation is 2. The maximum atomic E-state index is 12.2. The summed E-state index contributed by atoms with van der Waals surface area (Å²) in [6.45, 7) is 3.64. The second-order valence-corrected chi connectivity index (χ2v) is 4.64. The maximum Gasteiger partial charge on any atom is 0.257 e. The number of para-hydroxylation sites is 1. The number of aromatic nitrogens is 1. The summed E-state index contributed by atoms with van der Waals surface area (Å²) >= 11 is 5.77. The monoisotopic (exact) mass is 275 g/mol. The first-order valence-electron chi connectivity index (χ1n) is 5.78. The van der Waals surface area contributed by atoms with E-state index in [0.717, 1.165) is 5.56 Å². The number of hydrogen-bond donors (Lipinski definition) is 2. The van der Waals surface area contributed by atoms with Crippen molar-refractivity contribution in [1.82, 2.24) is 4.98 Å². The molecule has 0 aliphatic rings. The van der Waals surface area contributed by atoms with Crippen LogP contribution in [0.3, 0.4) is 0 Å². The number of carbonyl (C=O) groups excluding carboxylic acids is 1. The maximum absolute atomic E-state index is 12.2. The summed E-state index contributed by atoms with van der Waals surface area (Å²) in [6.07, 6.45) is 0. The lowest BCUT2D eigenvalue weighted by Gasteiger charge is -2.10. The normalized spacial score (nSPS) is 10.3. The van der Waals surface area contributed by atoms with E-state index >= 15 is 0 Å². The lowest BCUT2D eigenvalue weighted by atomic mass is 10.1. The summed E-state index contributed by atoms with van der Waals surface area (Å²) < 4.78 is 0. The molecule has 2 rings (SSSR count). The van der Waals surface area contributed by atoms with Gasteiger partial charge in [0.15, 0.2) is 0 Å². The summed E-state index contributed by atoms with van der Waals surface area (Å²) in [6, 6.07) is 8.70. The van der Waals surface area contributed by atoms with Gasteiger partial charge in [-0.25, -0.2) is 4.98 Å². The fraction of sp³-hybridized carbons (Fsp3) is 0.143. The first-order valence-corrected chi connectivity index (χ1v) is 6.16. The predicted molar refractivity (Wildman–Crippen MR) is 77.5 cm³/mol. The molecule has 0 spiro atoms. The molecule has 1 aromatic carbocycles. The molecule has 0 aliphatic carbocycles. The van der Waals surface area contributed by atoms with Crippen LogP contribution in [-0.4, -0.2) is 10.9 Å². The molecule has 0 atom stereocenters. The van der Waals surface area contributed by atoms with E-state index in [0.29, 0.717) is 27.8 Å². The Morgan fingerprint density at radius 3 is 2.68 bits per heavy atom. The Labute approximate surface area is 116 Å². The molecule has 19 heavy (non-hydrogen) atoms. The van der Waals surface area contributed by atoms with E-state index in [-0.39, 0.29) is 5.91 Å². The summed E-state index contributed by atoms with van der Waals surface area (Å²) in [5, 5.41) is 3.18. The van der Waals surface area contributed by atoms with Gasteiger partial charge in [0.2, 0.25) is 0 Å². The summed E-state index contributed by atoms with van der Waals surface area (Å²) in [4.78, 5) is 16.3. The van der Waals surface area contributed by atoms with E-state index in [1.165, 1.54) is 0 Å². The molecule has 1 amide bonds. The Morgan fingerprint density at radius 2 is 2.00 bits per heavy atom. The van der Waals surface area contributed by atoms with Gasteiger partial charge in [0.1, 0.15) is 5.15 Å². The van der Waals surface area contributed by atoms with Gasteiger partial charge in [0, 0.05) is 5.69 Å². The molecule has 0 unspecified atom stereocenters. The van der Waals surface area contributed by atoms with E-state index in [2.05, 4.69) is 10.3 Å². The molecule has 1 aromatic heterocycles. The molecule has 0 aliphatic heterocycles. The van der Waals surface area contributed by atoms with Crippen molar-refractivity contribution in [3.05, 3.63) is 52.3 Å². The minimum atomic E-state index is -0.256. The van der Waals surface area contributed by atoms with Crippen molar-refractivity contribution in [2.45, 2.75) is 13.8 Å². The number of benzene rings is 1. The highest BCUT2D eigenvalue weighted by molar-refractivity contribution is 6.29. The quantitative estimate of drug-likeness (QED) is 0.653. The minimum absolute atomic E-state index is 0.256. The van der Waals surface area contributed by atoms with E-state index in [4.69, 9.17) is 17.3 Å². The fourth-order valence-corrected chi connectivity index (χ4v) is 1.92. The van der Waals surface area contributed by atoms with Crippen molar-refractivity contribution in [1.29, 1.82) is 0 Å². The summed E-state index contributed by atoms with van der Waals surface area (Å²) in [5.74, 6) is -0.256. The van der Waals surface area contributed by atoms with Gasteiger partial charge < -0.3 is 11.1 Å². The van der Waals surface area contributed by atoms with Gasteiger partial charge in [-0.3, -0.25) is 4.79 Å². The molecule has 0 radical (unpaired) electrons. The average molecular weight is 276 g/mol. The number of pyridine rings is 1. The molecule has 3 N–H and O–H groups in total. The van der Waals surface area contributed by atoms with Crippen molar-refractivity contribution in [2.24, 2.45) is 0 Å². The third kappa shape index (κ3) is 2.85. The lowest BCUT2D eigenvalue weighted by molar-refractivity contribution is 0.102. The molecular weight excluding hydrogens is 262 g/mol. The molecule has 0 saturated carbocycles. The van der Waals surface area contributed by atoms with E-state index in [1.807, 2.05) is 13.0 Å². The third-order valence-corrected chi connectivity index (χ3v) is 3.08. The van der Waals surface area contributed by atoms with Crippen molar-refractivity contribution in [3.8, 4) is 0 Å². The van der Waals surface area contributed by atoms with Crippen molar-refractivity contribution in [3.63, 3.8) is 0 Å². The van der Waals surface area contributed by atoms with Crippen LogP contribution in [0, 0.1) is 13.8 Å². The van der Waals surface area contributed by atoms with Gasteiger partial charge in [-0.15, -0.1) is 0 Å². The largest absolute Gasteiger partial charge is 0.398 e. The van der Waals surface area contributed by atoms with Gasteiger partial charge in [-0.2, -0.15) is 0 Å². The zero-order valence-corrected chi connectivity index (χ0v) is 11.5. The van der Waals surface area contributed by atoms with Crippen LogP contribution in [0.1, 0.15) is 21.6 Å². The van der Waals surface area contributed by atoms with Crippen LogP contribution in [0.5, 0.6) is 0 Å². The van der Waals surface area contributed by atoms with Crippen LogP contribution in [0.15, 0.2) is 30.3 Å². The molecule has 5 heteroatoms. The summed E-state index contributed by atoms with van der Waals surface area (Å²) in [5.41, 5.74) is 8.99. The minimum Gasteiger partial charge on any atom is -0.398 e. The molecule has 0 saturated heterocycles. The lowest BCUT2D eigenvalue weighted by Crippen LogP contribution is -2.15. The SMILES string of the molecule is Cc1cccc(C(=O)Nc2ccc(Cl)nc2C)c1N. The van der Waals surface area contributed by atoms with Crippen LogP contribution in [-0.2, 0) is 0 Å². The Bertz CT molecular complexity index is 641. The third-order valence-electron chi connectivity index (χ3n) is 2.87. The second-order valence-electron chi connectivity index (χ2n) is 4.26. The van der Waals surface area contributed by atoms with E-state index in [1.54, 1.807) is 31.2 Å². The zero-order valence-electron chi connectivity index (χ0n) is 10.7. The van der Waals surface area contributed by atoms with Gasteiger partial charge in [-0.1, -0.05) is 23.7 Å². The Hall–Kier alpha value is -2.07. The summed E-state index contributed by atoms with van der Waals surface area (Å²) in [7, 11) is 0. The van der Waals surface area contributed by atoms with Crippen LogP contribution in [0.25, 0.3) is 0 Å². The van der Waals surface area contributed by atoms with E-state index in [9.17, 15) is 4.79 Å². The molecule has 0 fully saturated rings. The number of nitrogens with one attached hydrogen (secondary N) is 1. The highest BCUT2D eigenvalue weighted by atomic mass is 35.5. The Balaban J connectivity index is 2.28. The standard InChI is InChI=1S/C14H14ClN3O/c1-8-4-3-5-10(13(8)16)14(19)18-11-6-7-12(15)17-9(11)2/h3-7H,16H2,1-2H3,(H,18,19). The molecular formula is C14H14ClN3O. The van der Waals surface area contributed by atoms with Crippen LogP contribution in [0.4, 0.5) is 11.4 Å². The number of rotatable bonds is 2. The molecule has 2 aromatic rings. The predicted octanol–water partition coefficient (Wildman–Crippen LogP) is 3.19. The first kappa shape index (κ1) is 13.4. The number of anilines is 2. The molecule has 1 heterocycles. The highest BCUT2D eigenvalue weighted by Crippen LogP contribution is 2.20. The van der Waals surface area contributed by atoms with Gasteiger partial charge in [-0.05, 0) is 37.6 Å². The number of amides is 1. The Kier molecular flexibility index (Phi) is 3.71. The topological polar surface area (TPSA) is 68.0 Å². The molecule has 0 bridgehead atoms. The highest BCUT2D eigenvalue weighted by Gasteiger charge is 2.12. The fourth-order valence-electron chi connectivity index (χ4n) is 1.73. The number of nitrogens with zero attached hydrogens (tertiary/aromatic N) is 1. The number of nitrogen functional groups attached to an aromatic ring is 1.